The fourth-order valence-corrected chi connectivity index (χ4v) is 2.92. The van der Waals surface area contributed by atoms with E-state index >= 15 is 0 Å². The third-order valence-electron chi connectivity index (χ3n) is 3.48. The maximum Gasteiger partial charge on any atom is 0.272 e. The highest BCUT2D eigenvalue weighted by molar-refractivity contribution is 9.09. The van der Waals surface area contributed by atoms with Crippen molar-refractivity contribution < 1.29 is 4.79 Å². The molecule has 1 aliphatic rings. The van der Waals surface area contributed by atoms with E-state index in [-0.39, 0.29) is 5.91 Å². The number of hydrogen-bond donors (Lipinski definition) is 0. The molecule has 5 nitrogen and oxygen atoms in total. The molecule has 1 aromatic rings. The highest BCUT2D eigenvalue weighted by atomic mass is 79.9. The van der Waals surface area contributed by atoms with Crippen LogP contribution in [0.2, 0.25) is 0 Å². The Balaban J connectivity index is 2.01. The molecule has 6 heteroatoms. The van der Waals surface area contributed by atoms with Crippen molar-refractivity contribution in [3.8, 4) is 0 Å². The number of aryl methyl sites for hydroxylation is 2. The van der Waals surface area contributed by atoms with Crippen molar-refractivity contribution in [3.63, 3.8) is 0 Å². The van der Waals surface area contributed by atoms with Gasteiger partial charge in [-0.3, -0.25) is 14.4 Å². The summed E-state index contributed by atoms with van der Waals surface area (Å²) in [5, 5.41) is 5.33. The number of amides is 1. The quantitative estimate of drug-likeness (QED) is 0.784. The highest BCUT2D eigenvalue weighted by Crippen LogP contribution is 2.11. The van der Waals surface area contributed by atoms with Crippen molar-refractivity contribution >= 4 is 21.8 Å². The molecule has 0 radical (unpaired) electrons. The number of piperazine rings is 1. The topological polar surface area (TPSA) is 41.4 Å². The smallest absolute Gasteiger partial charge is 0.272 e. The Morgan fingerprint density at radius 2 is 2.05 bits per heavy atom. The average Bonchev–Trinajstić information content (AvgIpc) is 2.80. The van der Waals surface area contributed by atoms with Gasteiger partial charge in [0.1, 0.15) is 5.69 Å². The molecule has 0 bridgehead atoms. The number of nitrogens with zero attached hydrogens (tertiary/aromatic N) is 4. The molecule has 0 saturated carbocycles. The van der Waals surface area contributed by atoms with Crippen molar-refractivity contribution in [2.24, 2.45) is 0 Å². The highest BCUT2D eigenvalue weighted by Gasteiger charge is 2.24. The summed E-state index contributed by atoms with van der Waals surface area (Å²) in [4.78, 5) is 16.8. The van der Waals surface area contributed by atoms with Crippen molar-refractivity contribution in [3.05, 3.63) is 17.5 Å². The van der Waals surface area contributed by atoms with Crippen molar-refractivity contribution in [1.82, 2.24) is 19.6 Å². The summed E-state index contributed by atoms with van der Waals surface area (Å²) in [5.74, 6) is 0.112. The molecule has 2 rings (SSSR count). The van der Waals surface area contributed by atoms with Gasteiger partial charge in [-0.05, 0) is 19.9 Å². The van der Waals surface area contributed by atoms with Crippen LogP contribution in [0.15, 0.2) is 6.07 Å². The Labute approximate surface area is 122 Å². The van der Waals surface area contributed by atoms with Crippen LogP contribution in [0.4, 0.5) is 0 Å². The minimum atomic E-state index is 0.112. The van der Waals surface area contributed by atoms with Crippen LogP contribution < -0.4 is 0 Å². The summed E-state index contributed by atoms with van der Waals surface area (Å²) in [5.41, 5.74) is 1.62. The lowest BCUT2D eigenvalue weighted by Crippen LogP contribution is -2.49. The summed E-state index contributed by atoms with van der Waals surface area (Å²) >= 11 is 3.45. The van der Waals surface area contributed by atoms with Gasteiger partial charge in [0.2, 0.25) is 0 Å². The van der Waals surface area contributed by atoms with Crippen LogP contribution in [0.3, 0.4) is 0 Å². The second-order valence-electron chi connectivity index (χ2n) is 4.81. The molecular weight excluding hydrogens is 308 g/mol. The van der Waals surface area contributed by atoms with Gasteiger partial charge in [-0.15, -0.1) is 0 Å². The summed E-state index contributed by atoms with van der Waals surface area (Å²) in [7, 11) is 0. The fraction of sp³-hybridized carbons (Fsp3) is 0.692. The molecule has 0 unspecified atom stereocenters. The molecule has 1 amide bonds. The Morgan fingerprint density at radius 3 is 2.63 bits per heavy atom. The van der Waals surface area contributed by atoms with Crippen molar-refractivity contribution in [2.45, 2.75) is 20.4 Å². The van der Waals surface area contributed by atoms with Gasteiger partial charge in [0, 0.05) is 44.6 Å². The number of aromatic nitrogens is 2. The molecule has 0 aliphatic carbocycles. The van der Waals surface area contributed by atoms with Crippen LogP contribution in [-0.4, -0.2) is 63.5 Å². The minimum Gasteiger partial charge on any atom is -0.335 e. The van der Waals surface area contributed by atoms with Crippen LogP contribution in [0.25, 0.3) is 0 Å². The van der Waals surface area contributed by atoms with Gasteiger partial charge in [0.15, 0.2) is 0 Å². The van der Waals surface area contributed by atoms with Crippen LogP contribution >= 0.6 is 15.9 Å². The van der Waals surface area contributed by atoms with Gasteiger partial charge in [0.25, 0.3) is 5.91 Å². The number of halogens is 1. The molecule has 1 saturated heterocycles. The predicted octanol–water partition coefficient (Wildman–Crippen LogP) is 1.36. The SMILES string of the molecule is CCn1nc(C)cc1C(=O)N1CCN(CCBr)CC1. The van der Waals surface area contributed by atoms with E-state index < -0.39 is 0 Å². The monoisotopic (exact) mass is 328 g/mol. The maximum atomic E-state index is 12.5. The first-order chi connectivity index (χ1) is 9.15. The fourth-order valence-electron chi connectivity index (χ4n) is 2.41. The van der Waals surface area contributed by atoms with E-state index in [0.29, 0.717) is 5.69 Å². The molecule has 0 N–H and O–H groups in total. The number of rotatable bonds is 4. The maximum absolute atomic E-state index is 12.5. The third kappa shape index (κ3) is 3.36. The first-order valence-electron chi connectivity index (χ1n) is 6.77. The van der Waals surface area contributed by atoms with Crippen molar-refractivity contribution in [2.75, 3.05) is 38.1 Å². The molecule has 1 fully saturated rings. The van der Waals surface area contributed by atoms with Gasteiger partial charge in [-0.2, -0.15) is 5.10 Å². The molecule has 1 aromatic heterocycles. The van der Waals surface area contributed by atoms with E-state index in [1.807, 2.05) is 24.8 Å². The average molecular weight is 329 g/mol. The number of carbonyl (C=O) groups excluding carboxylic acids is 1. The van der Waals surface area contributed by atoms with Gasteiger partial charge in [-0.25, -0.2) is 0 Å². The number of alkyl halides is 1. The zero-order valence-corrected chi connectivity index (χ0v) is 13.2. The lowest BCUT2D eigenvalue weighted by molar-refractivity contribution is 0.0633. The summed E-state index contributed by atoms with van der Waals surface area (Å²) in [6.45, 7) is 9.24. The number of carbonyl (C=O) groups is 1. The standard InChI is InChI=1S/C13H21BrN4O/c1-3-18-12(10-11(2)15-18)13(19)17-8-6-16(5-4-14)7-9-17/h10H,3-9H2,1-2H3. The Morgan fingerprint density at radius 1 is 1.37 bits per heavy atom. The van der Waals surface area contributed by atoms with Gasteiger partial charge < -0.3 is 4.90 Å². The van der Waals surface area contributed by atoms with E-state index in [9.17, 15) is 4.79 Å². The van der Waals surface area contributed by atoms with E-state index in [4.69, 9.17) is 0 Å². The molecular formula is C13H21BrN4O. The molecule has 106 valence electrons. The first kappa shape index (κ1) is 14.5. The lowest BCUT2D eigenvalue weighted by atomic mass is 10.2. The minimum absolute atomic E-state index is 0.112. The molecule has 19 heavy (non-hydrogen) atoms. The Bertz CT molecular complexity index is 438. The Hall–Kier alpha value is -0.880. The molecule has 0 atom stereocenters. The van der Waals surface area contributed by atoms with Gasteiger partial charge in [-0.1, -0.05) is 15.9 Å². The lowest BCUT2D eigenvalue weighted by Gasteiger charge is -2.34. The number of hydrogen-bond acceptors (Lipinski definition) is 3. The third-order valence-corrected chi connectivity index (χ3v) is 3.84. The second-order valence-corrected chi connectivity index (χ2v) is 5.60. The van der Waals surface area contributed by atoms with E-state index in [0.717, 1.165) is 50.3 Å². The second kappa shape index (κ2) is 6.52. The molecule has 1 aliphatic heterocycles. The van der Waals surface area contributed by atoms with Crippen LogP contribution in [-0.2, 0) is 6.54 Å². The van der Waals surface area contributed by atoms with Crippen molar-refractivity contribution in [1.29, 1.82) is 0 Å². The zero-order chi connectivity index (χ0) is 13.8. The van der Waals surface area contributed by atoms with E-state index in [1.165, 1.54) is 0 Å². The van der Waals surface area contributed by atoms with Gasteiger partial charge >= 0.3 is 0 Å². The van der Waals surface area contributed by atoms with E-state index in [2.05, 4.69) is 25.9 Å². The largest absolute Gasteiger partial charge is 0.335 e. The first-order valence-corrected chi connectivity index (χ1v) is 7.90. The van der Waals surface area contributed by atoms with Crippen LogP contribution in [0.1, 0.15) is 23.1 Å². The molecule has 0 spiro atoms. The summed E-state index contributed by atoms with van der Waals surface area (Å²) in [6, 6.07) is 1.89. The Kier molecular flexibility index (Phi) is 4.99. The molecule has 0 aromatic carbocycles. The predicted molar refractivity (Wildman–Crippen MR) is 78.8 cm³/mol. The zero-order valence-electron chi connectivity index (χ0n) is 11.6. The van der Waals surface area contributed by atoms with E-state index in [1.54, 1.807) is 4.68 Å². The summed E-state index contributed by atoms with van der Waals surface area (Å²) < 4.78 is 1.79. The van der Waals surface area contributed by atoms with Crippen LogP contribution in [0.5, 0.6) is 0 Å². The van der Waals surface area contributed by atoms with Gasteiger partial charge in [0.05, 0.1) is 5.69 Å². The normalized spacial score (nSPS) is 16.9. The summed E-state index contributed by atoms with van der Waals surface area (Å²) in [6.07, 6.45) is 0. The van der Waals surface area contributed by atoms with Crippen LogP contribution in [0, 0.1) is 6.92 Å². The molecule has 2 heterocycles.